The molecule has 0 unspecified atom stereocenters. The second-order valence-corrected chi connectivity index (χ2v) is 9.31. The van der Waals surface area contributed by atoms with Crippen molar-refractivity contribution in [1.82, 2.24) is 4.57 Å². The summed E-state index contributed by atoms with van der Waals surface area (Å²) in [4.78, 5) is 2.03. The average molecular weight is 551 g/mol. The molecule has 2 nitrogen and oxygen atoms in total. The van der Waals surface area contributed by atoms with E-state index in [2.05, 4.69) is 111 Å². The molecule has 0 fully saturated rings. The van der Waals surface area contributed by atoms with Crippen LogP contribution in [-0.4, -0.2) is 4.57 Å². The SMILES string of the molecule is C=C/C=C(\C(C=C)=C/C)N(C(=C)C=C)c1ccccc1.CC.Cc1ccc2c(c1)c1ccccc1n2-c1ccccc1. The van der Waals surface area contributed by atoms with Crippen LogP contribution in [0.2, 0.25) is 0 Å². The summed E-state index contributed by atoms with van der Waals surface area (Å²) in [6.45, 7) is 23.7. The van der Waals surface area contributed by atoms with Gasteiger partial charge < -0.3 is 9.47 Å². The summed E-state index contributed by atoms with van der Waals surface area (Å²) in [5.41, 5.74) is 8.83. The maximum absolute atomic E-state index is 4.08. The summed E-state index contributed by atoms with van der Waals surface area (Å²) in [6.07, 6.45) is 9.27. The van der Waals surface area contributed by atoms with Gasteiger partial charge >= 0.3 is 0 Å². The predicted octanol–water partition coefficient (Wildman–Crippen LogP) is 11.5. The maximum Gasteiger partial charge on any atom is 0.0541 e. The summed E-state index contributed by atoms with van der Waals surface area (Å²) >= 11 is 0. The van der Waals surface area contributed by atoms with E-state index in [4.69, 9.17) is 0 Å². The molecule has 0 aliphatic carbocycles. The molecule has 0 aliphatic rings. The number of aryl methyl sites for hydroxylation is 1. The number of fused-ring (bicyclic) bond motifs is 3. The van der Waals surface area contributed by atoms with Crippen molar-refractivity contribution in [3.8, 4) is 5.69 Å². The fourth-order valence-corrected chi connectivity index (χ4v) is 4.85. The van der Waals surface area contributed by atoms with Crippen LogP contribution >= 0.6 is 0 Å². The lowest BCUT2D eigenvalue weighted by Crippen LogP contribution is -2.21. The normalized spacial score (nSPS) is 11.0. The Morgan fingerprint density at radius 2 is 1.31 bits per heavy atom. The number of hydrogen-bond donors (Lipinski definition) is 0. The van der Waals surface area contributed by atoms with Crippen molar-refractivity contribution in [2.45, 2.75) is 27.7 Å². The molecule has 212 valence electrons. The summed E-state index contributed by atoms with van der Waals surface area (Å²) < 4.78 is 2.34. The fourth-order valence-electron chi connectivity index (χ4n) is 4.85. The molecule has 42 heavy (non-hydrogen) atoms. The first-order valence-electron chi connectivity index (χ1n) is 14.4. The summed E-state index contributed by atoms with van der Waals surface area (Å²) in [5, 5.41) is 2.64. The Balaban J connectivity index is 0.000000218. The van der Waals surface area contributed by atoms with E-state index in [-0.39, 0.29) is 0 Å². The van der Waals surface area contributed by atoms with Gasteiger partial charge in [0.05, 0.1) is 16.7 Å². The van der Waals surface area contributed by atoms with Gasteiger partial charge in [-0.25, -0.2) is 0 Å². The zero-order valence-electron chi connectivity index (χ0n) is 25.4. The Hall–Kier alpha value is -5.08. The van der Waals surface area contributed by atoms with E-state index >= 15 is 0 Å². The van der Waals surface area contributed by atoms with Crippen LogP contribution in [0, 0.1) is 6.92 Å². The second kappa shape index (κ2) is 15.6. The third kappa shape index (κ3) is 6.97. The Kier molecular flexibility index (Phi) is 11.7. The van der Waals surface area contributed by atoms with Gasteiger partial charge in [-0.1, -0.05) is 125 Å². The van der Waals surface area contributed by atoms with E-state index in [0.717, 1.165) is 22.7 Å². The van der Waals surface area contributed by atoms with Gasteiger partial charge in [0.2, 0.25) is 0 Å². The molecule has 0 atom stereocenters. The van der Waals surface area contributed by atoms with Crippen LogP contribution in [0.3, 0.4) is 0 Å². The highest BCUT2D eigenvalue weighted by Gasteiger charge is 2.15. The van der Waals surface area contributed by atoms with E-state index in [0.29, 0.717) is 0 Å². The van der Waals surface area contributed by atoms with E-state index in [9.17, 15) is 0 Å². The molecule has 0 radical (unpaired) electrons. The summed E-state index contributed by atoms with van der Waals surface area (Å²) in [7, 11) is 0. The number of rotatable bonds is 8. The molecule has 0 saturated carbocycles. The van der Waals surface area contributed by atoms with Crippen molar-refractivity contribution < 1.29 is 0 Å². The van der Waals surface area contributed by atoms with Crippen LogP contribution in [0.15, 0.2) is 177 Å². The Bertz CT molecular complexity index is 1710. The van der Waals surface area contributed by atoms with Gasteiger partial charge in [0.15, 0.2) is 0 Å². The molecule has 5 aromatic rings. The van der Waals surface area contributed by atoms with E-state index in [1.165, 1.54) is 33.1 Å². The molecule has 5 rings (SSSR count). The van der Waals surface area contributed by atoms with Crippen LogP contribution < -0.4 is 4.90 Å². The van der Waals surface area contributed by atoms with E-state index in [1.807, 2.05) is 74.2 Å². The number of nitrogens with zero attached hydrogens (tertiary/aromatic N) is 2. The smallest absolute Gasteiger partial charge is 0.0541 e. The number of benzene rings is 4. The quantitative estimate of drug-likeness (QED) is 0.174. The van der Waals surface area contributed by atoms with Gasteiger partial charge in [0, 0.05) is 27.8 Å². The van der Waals surface area contributed by atoms with Crippen LogP contribution in [0.5, 0.6) is 0 Å². The first kappa shape index (κ1) is 31.4. The molecule has 0 saturated heterocycles. The monoisotopic (exact) mass is 550 g/mol. The van der Waals surface area contributed by atoms with Crippen LogP contribution in [0.4, 0.5) is 5.69 Å². The minimum Gasteiger partial charge on any atom is -0.311 e. The molecule has 1 heterocycles. The number of anilines is 1. The van der Waals surface area contributed by atoms with Crippen LogP contribution in [-0.2, 0) is 0 Å². The topological polar surface area (TPSA) is 8.17 Å². The van der Waals surface area contributed by atoms with Crippen molar-refractivity contribution in [2.24, 2.45) is 0 Å². The summed E-state index contributed by atoms with van der Waals surface area (Å²) in [5.74, 6) is 0. The van der Waals surface area contributed by atoms with Crippen molar-refractivity contribution in [1.29, 1.82) is 0 Å². The van der Waals surface area contributed by atoms with E-state index in [1.54, 1.807) is 12.2 Å². The highest BCUT2D eigenvalue weighted by Crippen LogP contribution is 2.32. The molecule has 4 aromatic carbocycles. The van der Waals surface area contributed by atoms with E-state index < -0.39 is 0 Å². The number of allylic oxidation sites excluding steroid dienone is 5. The third-order valence-corrected chi connectivity index (χ3v) is 6.72. The third-order valence-electron chi connectivity index (χ3n) is 6.72. The molecule has 0 amide bonds. The first-order chi connectivity index (χ1) is 20.5. The maximum atomic E-state index is 4.08. The van der Waals surface area contributed by atoms with Gasteiger partial charge in [-0.15, -0.1) is 0 Å². The first-order valence-corrected chi connectivity index (χ1v) is 14.4. The highest BCUT2D eigenvalue weighted by molar-refractivity contribution is 6.09. The Labute approximate surface area is 252 Å². The Morgan fingerprint density at radius 1 is 0.714 bits per heavy atom. The summed E-state index contributed by atoms with van der Waals surface area (Å²) in [6, 6.07) is 35.9. The minimum absolute atomic E-state index is 0.797. The zero-order chi connectivity index (χ0) is 30.5. The van der Waals surface area contributed by atoms with Gasteiger partial charge in [-0.3, -0.25) is 0 Å². The molecule has 2 heteroatoms. The van der Waals surface area contributed by atoms with Crippen molar-refractivity contribution >= 4 is 27.5 Å². The fraction of sp³-hybridized carbons (Fsp3) is 0.100. The van der Waals surface area contributed by atoms with Gasteiger partial charge in [-0.2, -0.15) is 0 Å². The Morgan fingerprint density at radius 3 is 1.90 bits per heavy atom. The molecule has 0 bridgehead atoms. The van der Waals surface area contributed by atoms with Gasteiger partial charge in [0.25, 0.3) is 0 Å². The lowest BCUT2D eigenvalue weighted by molar-refractivity contribution is 1.13. The van der Waals surface area contributed by atoms with Crippen LogP contribution in [0.1, 0.15) is 26.3 Å². The van der Waals surface area contributed by atoms with Gasteiger partial charge in [0.1, 0.15) is 0 Å². The molecular formula is C40H42N2. The average Bonchev–Trinajstić information content (AvgIpc) is 3.37. The van der Waals surface area contributed by atoms with Crippen LogP contribution in [0.25, 0.3) is 27.5 Å². The van der Waals surface area contributed by atoms with Crippen molar-refractivity contribution in [3.63, 3.8) is 0 Å². The largest absolute Gasteiger partial charge is 0.311 e. The predicted molar refractivity (Wildman–Crippen MR) is 187 cm³/mol. The number of aromatic nitrogens is 1. The highest BCUT2D eigenvalue weighted by atomic mass is 15.2. The molecule has 0 spiro atoms. The zero-order valence-corrected chi connectivity index (χ0v) is 25.4. The van der Waals surface area contributed by atoms with Crippen molar-refractivity contribution in [3.05, 3.63) is 182 Å². The standard InChI is InChI=1S/C19H15N.C19H21N.C2H6/c1-14-11-12-19-17(13-14)16-9-5-6-10-18(16)20(19)15-7-3-2-4-8-15;1-6-13-19(17(8-3)9-4)20(16(5)7-2)18-14-11-10-12-15-18;1-2/h2-13H,1H3;6-15H,1-3,5H2,4H3;1-2H3/b;17-9-,19-13+;. The molecule has 1 aromatic heterocycles. The van der Waals surface area contributed by atoms with Crippen molar-refractivity contribution in [2.75, 3.05) is 4.90 Å². The number of hydrogen-bond acceptors (Lipinski definition) is 1. The molecular weight excluding hydrogens is 508 g/mol. The number of para-hydroxylation sites is 3. The molecule has 0 aliphatic heterocycles. The lowest BCUT2D eigenvalue weighted by Gasteiger charge is -2.28. The molecule has 0 N–H and O–H groups in total. The minimum atomic E-state index is 0.797. The van der Waals surface area contributed by atoms with Gasteiger partial charge in [-0.05, 0) is 74.0 Å². The lowest BCUT2D eigenvalue weighted by atomic mass is 10.1. The second-order valence-electron chi connectivity index (χ2n) is 9.31.